The van der Waals surface area contributed by atoms with Gasteiger partial charge >= 0.3 is 0 Å². The molecule has 1 aliphatic heterocycles. The van der Waals surface area contributed by atoms with Crippen LogP contribution in [0.4, 0.5) is 0 Å². The monoisotopic (exact) mass is 170 g/mol. The van der Waals surface area contributed by atoms with Crippen LogP contribution in [0, 0.1) is 0 Å². The maximum absolute atomic E-state index is 4.25. The normalized spacial score (nSPS) is 17.5. The summed E-state index contributed by atoms with van der Waals surface area (Å²) in [5.41, 5.74) is 3.97. The minimum atomic E-state index is 0.794. The van der Waals surface area contributed by atoms with Crippen LogP contribution in [0.15, 0.2) is 40.1 Å². The molecule has 0 saturated carbocycles. The molecule has 13 heavy (non-hydrogen) atoms. The van der Waals surface area contributed by atoms with Gasteiger partial charge in [-0.15, -0.1) is 0 Å². The van der Waals surface area contributed by atoms with Crippen LogP contribution in [0.1, 0.15) is 11.4 Å². The second-order valence-electron chi connectivity index (χ2n) is 2.96. The molecule has 3 rings (SSSR count). The minimum Gasteiger partial charge on any atom is -0.257 e. The molecule has 0 fully saturated rings. The van der Waals surface area contributed by atoms with Crippen LogP contribution in [0.2, 0.25) is 0 Å². The van der Waals surface area contributed by atoms with Crippen LogP contribution in [0.25, 0.3) is 6.08 Å². The topological polar surface area (TPSA) is 50.5 Å². The van der Waals surface area contributed by atoms with Crippen molar-refractivity contribution in [2.24, 2.45) is 10.2 Å². The van der Waals surface area contributed by atoms with Gasteiger partial charge in [-0.05, 0) is 6.08 Å². The zero-order valence-corrected chi connectivity index (χ0v) is 6.81. The molecule has 0 bridgehead atoms. The van der Waals surface area contributed by atoms with E-state index in [1.54, 1.807) is 18.6 Å². The molecule has 1 aromatic rings. The van der Waals surface area contributed by atoms with E-state index >= 15 is 0 Å². The van der Waals surface area contributed by atoms with Crippen molar-refractivity contribution in [3.05, 3.63) is 41.3 Å². The predicted molar refractivity (Wildman–Crippen MR) is 46.7 cm³/mol. The van der Waals surface area contributed by atoms with Gasteiger partial charge in [0.2, 0.25) is 0 Å². The Balaban J connectivity index is 2.21. The lowest BCUT2D eigenvalue weighted by Crippen LogP contribution is -2.04. The van der Waals surface area contributed by atoms with E-state index in [0.29, 0.717) is 0 Å². The van der Waals surface area contributed by atoms with E-state index < -0.39 is 0 Å². The Morgan fingerprint density at radius 2 is 2.08 bits per heavy atom. The average molecular weight is 170 g/mol. The number of hydrogen-bond donors (Lipinski definition) is 0. The Labute approximate surface area is 74.8 Å². The number of hydrogen-bond acceptors (Lipinski definition) is 4. The van der Waals surface area contributed by atoms with E-state index in [0.717, 1.165) is 29.1 Å². The number of nitrogens with zero attached hydrogens (tertiary/aromatic N) is 4. The first kappa shape index (κ1) is 6.65. The molecule has 0 saturated heterocycles. The predicted octanol–water partition coefficient (Wildman–Crippen LogP) is 1.72. The van der Waals surface area contributed by atoms with E-state index in [2.05, 4.69) is 20.2 Å². The Morgan fingerprint density at radius 3 is 3.08 bits per heavy atom. The van der Waals surface area contributed by atoms with Gasteiger partial charge in [-0.1, -0.05) is 0 Å². The van der Waals surface area contributed by atoms with Crippen LogP contribution >= 0.6 is 0 Å². The molecule has 0 amide bonds. The van der Waals surface area contributed by atoms with Crippen molar-refractivity contribution in [3.8, 4) is 0 Å². The zero-order valence-electron chi connectivity index (χ0n) is 6.81. The molecule has 1 aliphatic carbocycles. The first-order valence-corrected chi connectivity index (χ1v) is 4.05. The van der Waals surface area contributed by atoms with Crippen LogP contribution in [0.3, 0.4) is 0 Å². The van der Waals surface area contributed by atoms with Crippen LogP contribution < -0.4 is 0 Å². The van der Waals surface area contributed by atoms with E-state index in [4.69, 9.17) is 0 Å². The standard InChI is InChI=1S/C9H6N4/c1-2-11-9-4-7-6(5-12-13-7)3-8(9)10-1/h1-2,4-5H,3H2. The molecule has 0 unspecified atom stereocenters. The number of allylic oxidation sites excluding steroid dienone is 1. The fraction of sp³-hybridized carbons (Fsp3) is 0.111. The second-order valence-corrected chi connectivity index (χ2v) is 2.96. The van der Waals surface area contributed by atoms with E-state index in [1.807, 2.05) is 6.08 Å². The van der Waals surface area contributed by atoms with Crippen molar-refractivity contribution < 1.29 is 0 Å². The molecule has 4 nitrogen and oxygen atoms in total. The summed E-state index contributed by atoms with van der Waals surface area (Å²) in [5, 5.41) is 7.83. The van der Waals surface area contributed by atoms with Gasteiger partial charge in [-0.25, -0.2) is 0 Å². The maximum atomic E-state index is 4.25. The van der Waals surface area contributed by atoms with E-state index in [-0.39, 0.29) is 0 Å². The summed E-state index contributed by atoms with van der Waals surface area (Å²) in [7, 11) is 0. The Morgan fingerprint density at radius 1 is 1.15 bits per heavy atom. The van der Waals surface area contributed by atoms with Gasteiger partial charge in [0.1, 0.15) is 0 Å². The SMILES string of the molecule is C1=C2Cc3nccnc3C=C2N=N1. The van der Waals surface area contributed by atoms with Gasteiger partial charge < -0.3 is 0 Å². The molecule has 2 heterocycles. The lowest BCUT2D eigenvalue weighted by atomic mass is 10.0. The third-order valence-corrected chi connectivity index (χ3v) is 2.15. The number of aromatic nitrogens is 2. The summed E-state index contributed by atoms with van der Waals surface area (Å²) in [6.45, 7) is 0. The van der Waals surface area contributed by atoms with Gasteiger partial charge in [0.05, 0.1) is 23.3 Å². The highest BCUT2D eigenvalue weighted by molar-refractivity contribution is 5.62. The molecule has 0 spiro atoms. The summed E-state index contributed by atoms with van der Waals surface area (Å²) < 4.78 is 0. The molecular formula is C9H6N4. The van der Waals surface area contributed by atoms with Crippen LogP contribution in [0.5, 0.6) is 0 Å². The quantitative estimate of drug-likeness (QED) is 0.595. The zero-order chi connectivity index (χ0) is 8.67. The summed E-state index contributed by atoms with van der Waals surface area (Å²) >= 11 is 0. The van der Waals surface area contributed by atoms with Crippen molar-refractivity contribution in [2.75, 3.05) is 0 Å². The van der Waals surface area contributed by atoms with Crippen molar-refractivity contribution in [1.29, 1.82) is 0 Å². The van der Waals surface area contributed by atoms with E-state index in [1.165, 1.54) is 0 Å². The molecule has 0 N–H and O–H groups in total. The van der Waals surface area contributed by atoms with Crippen molar-refractivity contribution in [1.82, 2.24) is 9.97 Å². The Bertz CT molecular complexity index is 456. The molecule has 0 radical (unpaired) electrons. The molecule has 0 atom stereocenters. The molecule has 4 heteroatoms. The Kier molecular flexibility index (Phi) is 1.19. The summed E-state index contributed by atoms with van der Waals surface area (Å²) in [6, 6.07) is 0. The molecule has 1 aromatic heterocycles. The van der Waals surface area contributed by atoms with E-state index in [9.17, 15) is 0 Å². The molecule has 62 valence electrons. The van der Waals surface area contributed by atoms with Crippen LogP contribution in [-0.2, 0) is 6.42 Å². The van der Waals surface area contributed by atoms with Gasteiger partial charge in [0.25, 0.3) is 0 Å². The number of azo groups is 1. The third kappa shape index (κ3) is 0.917. The third-order valence-electron chi connectivity index (χ3n) is 2.15. The number of fused-ring (bicyclic) bond motifs is 2. The highest BCUT2D eigenvalue weighted by Gasteiger charge is 2.19. The summed E-state index contributed by atoms with van der Waals surface area (Å²) in [5.74, 6) is 0. The smallest absolute Gasteiger partial charge is 0.0930 e. The lowest BCUT2D eigenvalue weighted by molar-refractivity contribution is 0.986. The van der Waals surface area contributed by atoms with Gasteiger partial charge in [-0.2, -0.15) is 10.2 Å². The van der Waals surface area contributed by atoms with Crippen LogP contribution in [-0.4, -0.2) is 9.97 Å². The van der Waals surface area contributed by atoms with Crippen molar-refractivity contribution in [3.63, 3.8) is 0 Å². The highest BCUT2D eigenvalue weighted by Crippen LogP contribution is 2.29. The first-order chi connectivity index (χ1) is 6.43. The van der Waals surface area contributed by atoms with Gasteiger partial charge in [-0.3, -0.25) is 9.97 Å². The van der Waals surface area contributed by atoms with Gasteiger partial charge in [0, 0.05) is 24.4 Å². The van der Waals surface area contributed by atoms with Crippen molar-refractivity contribution in [2.45, 2.75) is 6.42 Å². The average Bonchev–Trinajstić information content (AvgIpc) is 2.61. The summed E-state index contributed by atoms with van der Waals surface area (Å²) in [6.07, 6.45) is 7.90. The fourth-order valence-corrected chi connectivity index (χ4v) is 1.49. The highest BCUT2D eigenvalue weighted by atomic mass is 15.1. The first-order valence-electron chi connectivity index (χ1n) is 4.05. The maximum Gasteiger partial charge on any atom is 0.0930 e. The Hall–Kier alpha value is -1.84. The molecular weight excluding hydrogens is 164 g/mol. The van der Waals surface area contributed by atoms with Crippen molar-refractivity contribution >= 4 is 6.08 Å². The molecule has 2 aliphatic rings. The fourth-order valence-electron chi connectivity index (χ4n) is 1.49. The number of rotatable bonds is 0. The lowest BCUT2D eigenvalue weighted by Gasteiger charge is -2.10. The second kappa shape index (κ2) is 2.32. The van der Waals surface area contributed by atoms with Gasteiger partial charge in [0.15, 0.2) is 0 Å². The minimum absolute atomic E-state index is 0.794. The molecule has 0 aromatic carbocycles. The largest absolute Gasteiger partial charge is 0.257 e. The summed E-state index contributed by atoms with van der Waals surface area (Å²) in [4.78, 5) is 8.46.